The maximum absolute atomic E-state index is 12.1. The number of ether oxygens (including phenoxy) is 1. The van der Waals surface area contributed by atoms with Gasteiger partial charge in [-0.05, 0) is 24.8 Å². The molecule has 6 nitrogen and oxygen atoms in total. The smallest absolute Gasteiger partial charge is 0.330 e. The van der Waals surface area contributed by atoms with Crippen LogP contribution in [-0.4, -0.2) is 41.2 Å². The lowest BCUT2D eigenvalue weighted by molar-refractivity contribution is -0.0117. The number of aliphatic hydroxyl groups is 1. The van der Waals surface area contributed by atoms with E-state index >= 15 is 0 Å². The number of aromatic nitrogens is 2. The Morgan fingerprint density at radius 2 is 2.09 bits per heavy atom. The van der Waals surface area contributed by atoms with Crippen LogP contribution >= 0.6 is 11.8 Å². The number of hydrogen-bond acceptors (Lipinski definition) is 5. The summed E-state index contributed by atoms with van der Waals surface area (Å²) in [6.07, 6.45) is 2.38. The number of nitrogens with one attached hydrogen (secondary N) is 1. The third kappa shape index (κ3) is 4.69. The molecule has 2 rings (SSSR count). The van der Waals surface area contributed by atoms with Crippen molar-refractivity contribution >= 4 is 19.8 Å². The maximum atomic E-state index is 12.1. The van der Waals surface area contributed by atoms with E-state index in [1.165, 1.54) is 10.8 Å². The van der Waals surface area contributed by atoms with Gasteiger partial charge in [0.15, 0.2) is 6.23 Å². The Morgan fingerprint density at radius 3 is 2.70 bits per heavy atom. The first-order valence-corrected chi connectivity index (χ1v) is 12.3. The molecule has 0 saturated heterocycles. The van der Waals surface area contributed by atoms with E-state index in [4.69, 9.17) is 4.74 Å². The molecule has 0 bridgehead atoms. The molecule has 0 radical (unpaired) electrons. The Labute approximate surface area is 140 Å². The number of rotatable bonds is 6. The monoisotopic (exact) mass is 356 g/mol. The molecule has 128 valence electrons. The molecule has 0 spiro atoms. The van der Waals surface area contributed by atoms with Gasteiger partial charge in [0, 0.05) is 24.7 Å². The summed E-state index contributed by atoms with van der Waals surface area (Å²) in [5, 5.41) is 9.35. The highest BCUT2D eigenvalue weighted by Crippen LogP contribution is 2.36. The van der Waals surface area contributed by atoms with E-state index < -0.39 is 26.1 Å². The molecule has 0 fully saturated rings. The summed E-state index contributed by atoms with van der Waals surface area (Å²) in [6, 6.07) is 1.16. The van der Waals surface area contributed by atoms with Crippen LogP contribution in [0, 0.1) is 6.92 Å². The van der Waals surface area contributed by atoms with E-state index in [2.05, 4.69) is 24.6 Å². The van der Waals surface area contributed by atoms with Gasteiger partial charge in [-0.2, -0.15) is 0 Å². The van der Waals surface area contributed by atoms with Crippen molar-refractivity contribution in [3.63, 3.8) is 0 Å². The first-order valence-electron chi connectivity index (χ1n) is 7.64. The minimum absolute atomic E-state index is 0.133. The quantitative estimate of drug-likeness (QED) is 0.758. The number of hydrogen-bond donors (Lipinski definition) is 2. The Kier molecular flexibility index (Phi) is 5.72. The Bertz CT molecular complexity index is 705. The van der Waals surface area contributed by atoms with Crippen LogP contribution in [0.25, 0.3) is 0 Å². The fraction of sp³-hybridized carbons (Fsp3) is 0.600. The van der Waals surface area contributed by atoms with Gasteiger partial charge >= 0.3 is 5.69 Å². The van der Waals surface area contributed by atoms with Crippen molar-refractivity contribution in [3.8, 4) is 0 Å². The molecule has 0 saturated carbocycles. The summed E-state index contributed by atoms with van der Waals surface area (Å²) in [6.45, 7) is 8.46. The van der Waals surface area contributed by atoms with Gasteiger partial charge in [-0.25, -0.2) is 4.79 Å². The zero-order chi connectivity index (χ0) is 17.2. The molecule has 0 amide bonds. The van der Waals surface area contributed by atoms with Crippen LogP contribution in [0.15, 0.2) is 26.8 Å². The van der Waals surface area contributed by atoms with Gasteiger partial charge in [0.25, 0.3) is 5.56 Å². The Balaban J connectivity index is 2.23. The van der Waals surface area contributed by atoms with E-state index in [1.54, 1.807) is 18.7 Å². The fourth-order valence-corrected chi connectivity index (χ4v) is 5.84. The van der Waals surface area contributed by atoms with Crippen molar-refractivity contribution in [1.82, 2.24) is 9.55 Å². The summed E-state index contributed by atoms with van der Waals surface area (Å²) < 4.78 is 7.15. The highest BCUT2D eigenvalue weighted by molar-refractivity contribution is 8.03. The summed E-state index contributed by atoms with van der Waals surface area (Å²) in [7, 11) is -1.14. The molecule has 2 unspecified atom stereocenters. The maximum Gasteiger partial charge on any atom is 0.330 e. The molecule has 2 atom stereocenters. The SMILES string of the molecule is Cc1cn(C2OC(CO)C=C2SCC[Si](C)(C)C)c(=O)[nH]c1=O. The lowest BCUT2D eigenvalue weighted by atomic mass is 10.3. The van der Waals surface area contributed by atoms with Crippen molar-refractivity contribution in [3.05, 3.63) is 43.6 Å². The lowest BCUT2D eigenvalue weighted by Crippen LogP contribution is -2.34. The molecule has 2 heterocycles. The molecule has 1 aromatic heterocycles. The predicted octanol–water partition coefficient (Wildman–Crippen LogP) is 1.69. The third-order valence-corrected chi connectivity index (χ3v) is 6.79. The number of aromatic amines is 1. The number of aryl methyl sites for hydroxylation is 1. The van der Waals surface area contributed by atoms with Crippen LogP contribution in [0.3, 0.4) is 0 Å². The third-order valence-electron chi connectivity index (χ3n) is 3.60. The number of thioether (sulfide) groups is 1. The summed E-state index contributed by atoms with van der Waals surface area (Å²) in [5.74, 6) is 0.955. The Hall–Kier alpha value is -1.09. The highest BCUT2D eigenvalue weighted by Gasteiger charge is 2.30. The summed E-state index contributed by atoms with van der Waals surface area (Å²) in [5.41, 5.74) is -0.437. The Morgan fingerprint density at radius 1 is 1.39 bits per heavy atom. The van der Waals surface area contributed by atoms with E-state index in [1.807, 2.05) is 6.08 Å². The predicted molar refractivity (Wildman–Crippen MR) is 95.7 cm³/mol. The minimum atomic E-state index is -1.14. The molecule has 8 heteroatoms. The number of aliphatic hydroxyl groups excluding tert-OH is 1. The van der Waals surface area contributed by atoms with Gasteiger partial charge in [0.2, 0.25) is 0 Å². The van der Waals surface area contributed by atoms with Gasteiger partial charge < -0.3 is 9.84 Å². The van der Waals surface area contributed by atoms with Crippen LogP contribution in [-0.2, 0) is 4.74 Å². The van der Waals surface area contributed by atoms with E-state index in [0.717, 1.165) is 16.7 Å². The van der Waals surface area contributed by atoms with E-state index in [0.29, 0.717) is 5.56 Å². The summed E-state index contributed by atoms with van der Waals surface area (Å²) >= 11 is 1.66. The fourth-order valence-electron chi connectivity index (χ4n) is 2.19. The van der Waals surface area contributed by atoms with Gasteiger partial charge in [-0.15, -0.1) is 11.8 Å². The van der Waals surface area contributed by atoms with Crippen molar-refractivity contribution in [1.29, 1.82) is 0 Å². The molecule has 0 aliphatic carbocycles. The van der Waals surface area contributed by atoms with Crippen LogP contribution in [0.4, 0.5) is 0 Å². The first kappa shape index (κ1) is 18.2. The van der Waals surface area contributed by atoms with E-state index in [-0.39, 0.29) is 12.2 Å². The zero-order valence-corrected chi connectivity index (χ0v) is 15.8. The lowest BCUT2D eigenvalue weighted by Gasteiger charge is -2.20. The van der Waals surface area contributed by atoms with Gasteiger partial charge in [0.1, 0.15) is 6.10 Å². The average Bonchev–Trinajstić information content (AvgIpc) is 2.84. The van der Waals surface area contributed by atoms with Crippen molar-refractivity contribution < 1.29 is 9.84 Å². The number of H-pyrrole nitrogens is 1. The average molecular weight is 357 g/mol. The van der Waals surface area contributed by atoms with E-state index in [9.17, 15) is 14.7 Å². The number of nitrogens with zero attached hydrogens (tertiary/aromatic N) is 1. The second-order valence-electron chi connectivity index (χ2n) is 6.92. The molecular weight excluding hydrogens is 332 g/mol. The largest absolute Gasteiger partial charge is 0.393 e. The van der Waals surface area contributed by atoms with Crippen LogP contribution in [0.2, 0.25) is 25.7 Å². The molecule has 23 heavy (non-hydrogen) atoms. The molecular formula is C15H24N2O4SSi. The van der Waals surface area contributed by atoms with Crippen molar-refractivity contribution in [2.45, 2.75) is 44.9 Å². The first-order chi connectivity index (χ1) is 10.7. The van der Waals surface area contributed by atoms with Crippen molar-refractivity contribution in [2.24, 2.45) is 0 Å². The van der Waals surface area contributed by atoms with Crippen LogP contribution in [0.5, 0.6) is 0 Å². The van der Waals surface area contributed by atoms with Crippen LogP contribution < -0.4 is 11.2 Å². The second kappa shape index (κ2) is 7.21. The topological polar surface area (TPSA) is 84.3 Å². The molecule has 0 aromatic carbocycles. The van der Waals surface area contributed by atoms with Crippen molar-refractivity contribution in [2.75, 3.05) is 12.4 Å². The zero-order valence-electron chi connectivity index (χ0n) is 14.0. The molecule has 1 aliphatic heterocycles. The molecule has 1 aliphatic rings. The van der Waals surface area contributed by atoms with Crippen LogP contribution in [0.1, 0.15) is 11.8 Å². The van der Waals surface area contributed by atoms with Gasteiger partial charge in [-0.3, -0.25) is 14.3 Å². The second-order valence-corrected chi connectivity index (χ2v) is 13.7. The summed E-state index contributed by atoms with van der Waals surface area (Å²) in [4.78, 5) is 26.8. The molecule has 2 N–H and O–H groups in total. The standard InChI is InChI=1S/C15H24N2O4SSi/c1-10-8-17(15(20)16-13(10)19)14-12(7-11(9-18)21-14)22-5-6-23(2,3)4/h7-8,11,14,18H,5-6,9H2,1-4H3,(H,16,19,20). The minimum Gasteiger partial charge on any atom is -0.393 e. The van der Waals surface area contributed by atoms with Gasteiger partial charge in [-0.1, -0.05) is 19.6 Å². The normalized spacial score (nSPS) is 21.5. The molecule has 1 aromatic rings. The highest BCUT2D eigenvalue weighted by atomic mass is 32.2. The van der Waals surface area contributed by atoms with Gasteiger partial charge in [0.05, 0.1) is 6.61 Å².